The van der Waals surface area contributed by atoms with Crippen LogP contribution < -0.4 is 15.2 Å². The Hall–Kier alpha value is -2.66. The van der Waals surface area contributed by atoms with Crippen molar-refractivity contribution in [1.82, 2.24) is 0 Å². The minimum Gasteiger partial charge on any atom is -0.497 e. The fourth-order valence-electron chi connectivity index (χ4n) is 1.78. The predicted molar refractivity (Wildman–Crippen MR) is 77.8 cm³/mol. The fourth-order valence-corrected chi connectivity index (χ4v) is 1.78. The summed E-state index contributed by atoms with van der Waals surface area (Å²) in [4.78, 5) is 23.8. The monoisotopic (exact) mass is 285 g/mol. The Balaban J connectivity index is 2.21. The minimum absolute atomic E-state index is 0.142. The van der Waals surface area contributed by atoms with Crippen molar-refractivity contribution in [3.8, 4) is 11.5 Å². The van der Waals surface area contributed by atoms with E-state index in [0.29, 0.717) is 16.9 Å². The van der Waals surface area contributed by atoms with Crippen LogP contribution in [0.3, 0.4) is 0 Å². The van der Waals surface area contributed by atoms with Crippen LogP contribution in [-0.2, 0) is 0 Å². The molecular formula is C16H15NO4. The summed E-state index contributed by atoms with van der Waals surface area (Å²) in [5.41, 5.74) is 6.00. The van der Waals surface area contributed by atoms with E-state index in [9.17, 15) is 9.59 Å². The molecule has 0 atom stereocenters. The lowest BCUT2D eigenvalue weighted by Crippen LogP contribution is -2.16. The predicted octanol–water partition coefficient (Wildman–Crippen LogP) is 2.06. The molecule has 0 heterocycles. The van der Waals surface area contributed by atoms with Crippen LogP contribution in [0, 0.1) is 0 Å². The molecule has 2 rings (SSSR count). The number of carbonyl (C=O) groups excluding carboxylic acids is 2. The third kappa shape index (κ3) is 3.46. The lowest BCUT2D eigenvalue weighted by Gasteiger charge is -2.09. The van der Waals surface area contributed by atoms with Crippen LogP contribution >= 0.6 is 0 Å². The molecule has 2 N–H and O–H groups in total. The molecule has 108 valence electrons. The van der Waals surface area contributed by atoms with E-state index in [2.05, 4.69) is 0 Å². The number of methoxy groups -OCH3 is 1. The average Bonchev–Trinajstić information content (AvgIpc) is 2.54. The summed E-state index contributed by atoms with van der Waals surface area (Å²) in [5.74, 6) is 0.0158. The van der Waals surface area contributed by atoms with Crippen LogP contribution in [0.1, 0.15) is 20.7 Å². The van der Waals surface area contributed by atoms with Crippen LogP contribution in [0.5, 0.6) is 11.5 Å². The third-order valence-electron chi connectivity index (χ3n) is 2.90. The van der Waals surface area contributed by atoms with Crippen molar-refractivity contribution in [1.29, 1.82) is 0 Å². The van der Waals surface area contributed by atoms with Crippen molar-refractivity contribution in [3.63, 3.8) is 0 Å². The second kappa shape index (κ2) is 6.67. The van der Waals surface area contributed by atoms with E-state index in [1.807, 2.05) is 0 Å². The van der Waals surface area contributed by atoms with Gasteiger partial charge in [-0.25, -0.2) is 4.79 Å². The maximum absolute atomic E-state index is 12.1. The van der Waals surface area contributed by atoms with Gasteiger partial charge in [-0.3, -0.25) is 4.79 Å². The number of hydrogen-bond acceptors (Lipinski definition) is 5. The number of ketones is 1. The van der Waals surface area contributed by atoms with Crippen molar-refractivity contribution >= 4 is 11.8 Å². The number of ether oxygens (including phenoxy) is 2. The van der Waals surface area contributed by atoms with Gasteiger partial charge >= 0.3 is 5.97 Å². The largest absolute Gasteiger partial charge is 0.497 e. The Morgan fingerprint density at radius 3 is 2.33 bits per heavy atom. The summed E-state index contributed by atoms with van der Waals surface area (Å²) in [6, 6.07) is 13.0. The Kier molecular flexibility index (Phi) is 4.68. The zero-order valence-corrected chi connectivity index (χ0v) is 11.5. The van der Waals surface area contributed by atoms with Crippen molar-refractivity contribution in [2.75, 3.05) is 13.7 Å². The number of benzene rings is 2. The highest BCUT2D eigenvalue weighted by Gasteiger charge is 2.15. The van der Waals surface area contributed by atoms with Gasteiger partial charge in [0.15, 0.2) is 5.78 Å². The smallest absolute Gasteiger partial charge is 0.343 e. The van der Waals surface area contributed by atoms with E-state index >= 15 is 0 Å². The molecule has 21 heavy (non-hydrogen) atoms. The van der Waals surface area contributed by atoms with Crippen LogP contribution in [0.2, 0.25) is 0 Å². The summed E-state index contributed by atoms with van der Waals surface area (Å²) in [7, 11) is 1.54. The number of carbonyl (C=O) groups is 2. The molecule has 0 aliphatic rings. The Morgan fingerprint density at radius 2 is 1.71 bits per heavy atom. The summed E-state index contributed by atoms with van der Waals surface area (Å²) >= 11 is 0. The highest BCUT2D eigenvalue weighted by atomic mass is 16.5. The highest BCUT2D eigenvalue weighted by Crippen LogP contribution is 2.20. The van der Waals surface area contributed by atoms with Gasteiger partial charge in [-0.05, 0) is 36.4 Å². The van der Waals surface area contributed by atoms with Crippen molar-refractivity contribution in [2.45, 2.75) is 0 Å². The molecule has 2 aromatic rings. The molecule has 5 heteroatoms. The number of para-hydroxylation sites is 1. The summed E-state index contributed by atoms with van der Waals surface area (Å²) < 4.78 is 10.3. The number of hydrogen-bond donors (Lipinski definition) is 1. The van der Waals surface area contributed by atoms with Gasteiger partial charge in [0.25, 0.3) is 0 Å². The minimum atomic E-state index is -0.546. The molecule has 0 aromatic heterocycles. The van der Waals surface area contributed by atoms with Crippen LogP contribution in [0.4, 0.5) is 0 Å². The highest BCUT2D eigenvalue weighted by molar-refractivity contribution is 6.01. The zero-order valence-electron chi connectivity index (χ0n) is 11.5. The van der Waals surface area contributed by atoms with E-state index in [0.717, 1.165) is 0 Å². The molecule has 0 saturated carbocycles. The molecule has 0 amide bonds. The zero-order chi connectivity index (χ0) is 15.2. The van der Waals surface area contributed by atoms with Crippen LogP contribution in [-0.4, -0.2) is 25.4 Å². The summed E-state index contributed by atoms with van der Waals surface area (Å²) in [6.07, 6.45) is 0. The number of nitrogens with two attached hydrogens (primary N) is 1. The molecule has 0 saturated heterocycles. The first-order chi connectivity index (χ1) is 10.2. The van der Waals surface area contributed by atoms with Gasteiger partial charge in [-0.2, -0.15) is 0 Å². The lowest BCUT2D eigenvalue weighted by atomic mass is 10.1. The second-order valence-electron chi connectivity index (χ2n) is 4.24. The Labute approximate surface area is 122 Å². The van der Waals surface area contributed by atoms with E-state index in [-0.39, 0.29) is 18.1 Å². The van der Waals surface area contributed by atoms with Crippen LogP contribution in [0.25, 0.3) is 0 Å². The second-order valence-corrected chi connectivity index (χ2v) is 4.24. The van der Waals surface area contributed by atoms with Gasteiger partial charge in [-0.15, -0.1) is 0 Å². The standard InChI is InChI=1S/C16H15NO4/c1-20-12-8-6-11(7-9-12)16(19)21-15-5-3-2-4-13(15)14(18)10-17/h2-9H,10,17H2,1H3. The number of rotatable bonds is 5. The molecule has 0 aliphatic heterocycles. The SMILES string of the molecule is COc1ccc(C(=O)Oc2ccccc2C(=O)CN)cc1. The quantitative estimate of drug-likeness (QED) is 0.517. The maximum atomic E-state index is 12.1. The van der Waals surface area contributed by atoms with Crippen LogP contribution in [0.15, 0.2) is 48.5 Å². The molecule has 2 aromatic carbocycles. The molecule has 0 aliphatic carbocycles. The van der Waals surface area contributed by atoms with Gasteiger partial charge in [-0.1, -0.05) is 12.1 Å². The van der Waals surface area contributed by atoms with Gasteiger partial charge < -0.3 is 15.2 Å². The maximum Gasteiger partial charge on any atom is 0.343 e. The molecule has 0 spiro atoms. The molecule has 0 fully saturated rings. The molecule has 0 unspecified atom stereocenters. The Bertz CT molecular complexity index is 650. The van der Waals surface area contributed by atoms with Gasteiger partial charge in [0.2, 0.25) is 0 Å². The number of Topliss-reactive ketones (excluding diaryl/α,β-unsaturated/α-hetero) is 1. The molecular weight excluding hydrogens is 270 g/mol. The van der Waals surface area contributed by atoms with E-state index in [1.165, 1.54) is 0 Å². The first kappa shape index (κ1) is 14.7. The van der Waals surface area contributed by atoms with E-state index in [1.54, 1.807) is 55.6 Å². The molecule has 0 radical (unpaired) electrons. The summed E-state index contributed by atoms with van der Waals surface area (Å²) in [5, 5.41) is 0. The molecule has 5 nitrogen and oxygen atoms in total. The van der Waals surface area contributed by atoms with Gasteiger partial charge in [0, 0.05) is 0 Å². The van der Waals surface area contributed by atoms with E-state index < -0.39 is 5.97 Å². The average molecular weight is 285 g/mol. The van der Waals surface area contributed by atoms with Gasteiger partial charge in [0.05, 0.1) is 24.8 Å². The fraction of sp³-hybridized carbons (Fsp3) is 0.125. The lowest BCUT2D eigenvalue weighted by molar-refractivity contribution is 0.0732. The first-order valence-electron chi connectivity index (χ1n) is 6.34. The van der Waals surface area contributed by atoms with Crippen molar-refractivity contribution in [3.05, 3.63) is 59.7 Å². The Morgan fingerprint density at radius 1 is 1.05 bits per heavy atom. The first-order valence-corrected chi connectivity index (χ1v) is 6.34. The van der Waals surface area contributed by atoms with Gasteiger partial charge in [0.1, 0.15) is 11.5 Å². The molecule has 0 bridgehead atoms. The van der Waals surface area contributed by atoms with Crippen molar-refractivity contribution < 1.29 is 19.1 Å². The third-order valence-corrected chi connectivity index (χ3v) is 2.90. The normalized spacial score (nSPS) is 10.0. The summed E-state index contributed by atoms with van der Waals surface area (Å²) in [6.45, 7) is -0.142. The topological polar surface area (TPSA) is 78.6 Å². The van der Waals surface area contributed by atoms with E-state index in [4.69, 9.17) is 15.2 Å². The van der Waals surface area contributed by atoms with Crippen molar-refractivity contribution in [2.24, 2.45) is 5.73 Å². The number of esters is 1.